The molecule has 0 aromatic heterocycles. The molecule has 0 saturated heterocycles. The summed E-state index contributed by atoms with van der Waals surface area (Å²) in [4.78, 5) is 0. The van der Waals surface area contributed by atoms with Crippen LogP contribution < -0.4 is 5.32 Å². The molecule has 0 aromatic carbocycles. The number of hydrogen-bond donors (Lipinski definition) is 1. The minimum Gasteiger partial charge on any atom is -0.380 e. The van der Waals surface area contributed by atoms with E-state index < -0.39 is 0 Å². The SMILES string of the molecule is COC1CCCCC1NCCCC1CCCC1. The lowest BCUT2D eigenvalue weighted by atomic mass is 9.92. The van der Waals surface area contributed by atoms with Crippen LogP contribution in [0.3, 0.4) is 0 Å². The first-order valence-corrected chi connectivity index (χ1v) is 7.66. The first-order valence-electron chi connectivity index (χ1n) is 7.66. The molecule has 2 atom stereocenters. The molecule has 2 aliphatic carbocycles. The van der Waals surface area contributed by atoms with Crippen molar-refractivity contribution in [1.82, 2.24) is 5.32 Å². The minimum atomic E-state index is 0.468. The second-order valence-corrected chi connectivity index (χ2v) is 5.91. The van der Waals surface area contributed by atoms with Gasteiger partial charge in [0.15, 0.2) is 0 Å². The summed E-state index contributed by atoms with van der Waals surface area (Å²) < 4.78 is 5.57. The molecule has 0 bridgehead atoms. The third-order valence-corrected chi connectivity index (χ3v) is 4.68. The van der Waals surface area contributed by atoms with Crippen molar-refractivity contribution in [3.8, 4) is 0 Å². The van der Waals surface area contributed by atoms with Crippen LogP contribution in [0.4, 0.5) is 0 Å². The fourth-order valence-electron chi connectivity index (χ4n) is 3.59. The molecule has 0 amide bonds. The minimum absolute atomic E-state index is 0.468. The van der Waals surface area contributed by atoms with Gasteiger partial charge in [0.1, 0.15) is 0 Å². The fourth-order valence-corrected chi connectivity index (χ4v) is 3.59. The van der Waals surface area contributed by atoms with Crippen molar-refractivity contribution in [1.29, 1.82) is 0 Å². The average Bonchev–Trinajstić information content (AvgIpc) is 2.88. The highest BCUT2D eigenvalue weighted by Crippen LogP contribution is 2.28. The third kappa shape index (κ3) is 4.26. The van der Waals surface area contributed by atoms with Crippen molar-refractivity contribution in [2.75, 3.05) is 13.7 Å². The lowest BCUT2D eigenvalue weighted by Gasteiger charge is -2.31. The Hall–Kier alpha value is -0.0800. The van der Waals surface area contributed by atoms with Gasteiger partial charge in [-0.2, -0.15) is 0 Å². The zero-order valence-corrected chi connectivity index (χ0v) is 11.4. The van der Waals surface area contributed by atoms with Crippen molar-refractivity contribution in [2.45, 2.75) is 76.4 Å². The van der Waals surface area contributed by atoms with Crippen molar-refractivity contribution in [3.05, 3.63) is 0 Å². The first kappa shape index (κ1) is 13.4. The summed E-state index contributed by atoms with van der Waals surface area (Å²) in [6.07, 6.45) is 14.5. The summed E-state index contributed by atoms with van der Waals surface area (Å²) >= 11 is 0. The van der Waals surface area contributed by atoms with Gasteiger partial charge in [-0.1, -0.05) is 38.5 Å². The Morgan fingerprint density at radius 3 is 2.47 bits per heavy atom. The van der Waals surface area contributed by atoms with Gasteiger partial charge in [0.05, 0.1) is 6.10 Å². The van der Waals surface area contributed by atoms with E-state index in [-0.39, 0.29) is 0 Å². The van der Waals surface area contributed by atoms with Crippen LogP contribution in [0.2, 0.25) is 0 Å². The highest BCUT2D eigenvalue weighted by atomic mass is 16.5. The van der Waals surface area contributed by atoms with Gasteiger partial charge in [-0.25, -0.2) is 0 Å². The van der Waals surface area contributed by atoms with Gasteiger partial charge in [0.25, 0.3) is 0 Å². The van der Waals surface area contributed by atoms with Gasteiger partial charge < -0.3 is 10.1 Å². The molecule has 100 valence electrons. The number of methoxy groups -OCH3 is 1. The Kier molecular flexibility index (Phi) is 5.79. The molecule has 2 aliphatic rings. The van der Waals surface area contributed by atoms with Crippen molar-refractivity contribution in [3.63, 3.8) is 0 Å². The van der Waals surface area contributed by atoms with Gasteiger partial charge in [-0.3, -0.25) is 0 Å². The maximum absolute atomic E-state index is 5.57. The molecule has 2 fully saturated rings. The van der Waals surface area contributed by atoms with Gasteiger partial charge in [-0.05, 0) is 38.1 Å². The Bertz CT molecular complexity index is 201. The molecule has 2 saturated carbocycles. The molecule has 2 heteroatoms. The van der Waals surface area contributed by atoms with Gasteiger partial charge >= 0.3 is 0 Å². The van der Waals surface area contributed by atoms with Gasteiger partial charge in [0.2, 0.25) is 0 Å². The normalized spacial score (nSPS) is 30.9. The lowest BCUT2D eigenvalue weighted by Crippen LogP contribution is -2.43. The van der Waals surface area contributed by atoms with Gasteiger partial charge in [0, 0.05) is 13.2 Å². The lowest BCUT2D eigenvalue weighted by molar-refractivity contribution is 0.0418. The molecule has 2 nitrogen and oxygen atoms in total. The first-order chi connectivity index (χ1) is 8.40. The summed E-state index contributed by atoms with van der Waals surface area (Å²) in [7, 11) is 1.86. The number of rotatable bonds is 6. The monoisotopic (exact) mass is 239 g/mol. The predicted molar refractivity (Wildman–Crippen MR) is 72.2 cm³/mol. The Morgan fingerprint density at radius 1 is 1.00 bits per heavy atom. The van der Waals surface area contributed by atoms with Crippen LogP contribution >= 0.6 is 0 Å². The smallest absolute Gasteiger partial charge is 0.0724 e. The highest BCUT2D eigenvalue weighted by Gasteiger charge is 2.24. The van der Waals surface area contributed by atoms with E-state index in [4.69, 9.17) is 4.74 Å². The van der Waals surface area contributed by atoms with Crippen LogP contribution in [0.25, 0.3) is 0 Å². The quantitative estimate of drug-likeness (QED) is 0.716. The fraction of sp³-hybridized carbons (Fsp3) is 1.00. The van der Waals surface area contributed by atoms with E-state index in [2.05, 4.69) is 5.32 Å². The van der Waals surface area contributed by atoms with E-state index in [0.29, 0.717) is 12.1 Å². The summed E-state index contributed by atoms with van der Waals surface area (Å²) in [5.74, 6) is 1.04. The Labute approximate surface area is 107 Å². The second-order valence-electron chi connectivity index (χ2n) is 5.91. The summed E-state index contributed by atoms with van der Waals surface area (Å²) in [6.45, 7) is 1.20. The molecule has 1 N–H and O–H groups in total. The van der Waals surface area contributed by atoms with E-state index in [1.54, 1.807) is 0 Å². The van der Waals surface area contributed by atoms with E-state index >= 15 is 0 Å². The largest absolute Gasteiger partial charge is 0.380 e. The molecule has 0 radical (unpaired) electrons. The molecular formula is C15H29NO. The maximum Gasteiger partial charge on any atom is 0.0724 e. The zero-order valence-electron chi connectivity index (χ0n) is 11.4. The number of ether oxygens (including phenoxy) is 1. The summed E-state index contributed by atoms with van der Waals surface area (Å²) in [5, 5.41) is 3.72. The standard InChI is InChI=1S/C15H29NO/c1-17-15-11-5-4-10-14(15)16-12-6-9-13-7-2-3-8-13/h13-16H,2-12H2,1H3. The van der Waals surface area contributed by atoms with Crippen LogP contribution in [0.5, 0.6) is 0 Å². The topological polar surface area (TPSA) is 21.3 Å². The molecule has 0 spiro atoms. The van der Waals surface area contributed by atoms with Crippen LogP contribution in [-0.2, 0) is 4.74 Å². The Morgan fingerprint density at radius 2 is 1.71 bits per heavy atom. The molecular weight excluding hydrogens is 210 g/mol. The van der Waals surface area contributed by atoms with Crippen LogP contribution in [0.1, 0.15) is 64.2 Å². The average molecular weight is 239 g/mol. The van der Waals surface area contributed by atoms with Crippen LogP contribution in [-0.4, -0.2) is 25.8 Å². The predicted octanol–water partition coefficient (Wildman–Crippen LogP) is 3.50. The molecule has 0 heterocycles. The highest BCUT2D eigenvalue weighted by molar-refractivity contribution is 4.81. The number of hydrogen-bond acceptors (Lipinski definition) is 2. The van der Waals surface area contributed by atoms with E-state index in [1.165, 1.54) is 70.8 Å². The van der Waals surface area contributed by atoms with Gasteiger partial charge in [-0.15, -0.1) is 0 Å². The third-order valence-electron chi connectivity index (χ3n) is 4.68. The molecule has 0 aliphatic heterocycles. The van der Waals surface area contributed by atoms with E-state index in [0.717, 1.165) is 5.92 Å². The number of nitrogens with one attached hydrogen (secondary N) is 1. The summed E-state index contributed by atoms with van der Waals surface area (Å²) in [6, 6.07) is 0.623. The van der Waals surface area contributed by atoms with Crippen LogP contribution in [0.15, 0.2) is 0 Å². The molecule has 0 aromatic rings. The van der Waals surface area contributed by atoms with Crippen molar-refractivity contribution in [2.24, 2.45) is 5.92 Å². The zero-order chi connectivity index (χ0) is 11.9. The molecule has 2 rings (SSSR count). The van der Waals surface area contributed by atoms with Crippen LogP contribution in [0, 0.1) is 5.92 Å². The Balaban J connectivity index is 1.56. The van der Waals surface area contributed by atoms with E-state index in [9.17, 15) is 0 Å². The molecule has 2 unspecified atom stereocenters. The summed E-state index contributed by atoms with van der Waals surface area (Å²) in [5.41, 5.74) is 0. The van der Waals surface area contributed by atoms with Crippen molar-refractivity contribution < 1.29 is 4.74 Å². The van der Waals surface area contributed by atoms with E-state index in [1.807, 2.05) is 7.11 Å². The maximum atomic E-state index is 5.57. The molecule has 17 heavy (non-hydrogen) atoms. The van der Waals surface area contributed by atoms with Crippen molar-refractivity contribution >= 4 is 0 Å². The second kappa shape index (κ2) is 7.38.